The molecule has 0 amide bonds. The van der Waals surface area contributed by atoms with Crippen molar-refractivity contribution >= 4 is 22.5 Å². The molecule has 0 saturated carbocycles. The molecule has 0 aliphatic rings. The molecule has 0 spiro atoms. The Balaban J connectivity index is 2.27. The van der Waals surface area contributed by atoms with Gasteiger partial charge in [-0.1, -0.05) is 23.7 Å². The molecule has 7 heteroatoms. The molecular weight excluding hydrogens is 333 g/mol. The number of aliphatic hydroxyl groups is 1. The Labute approximate surface area is 142 Å². The summed E-state index contributed by atoms with van der Waals surface area (Å²) in [7, 11) is 0. The second-order valence-electron chi connectivity index (χ2n) is 6.19. The van der Waals surface area contributed by atoms with Crippen molar-refractivity contribution in [3.8, 4) is 11.3 Å². The molecule has 24 heavy (non-hydrogen) atoms. The standard InChI is InChI=1S/C17H15ClFN3O2/c1-17(2,24)8-22-9-20-15-12(16(22)23)7-13(18)21-14(15)10-4-3-5-11(19)6-10/h3-7,9,24H,8H2,1-2H3. The van der Waals surface area contributed by atoms with Gasteiger partial charge in [0.25, 0.3) is 5.56 Å². The van der Waals surface area contributed by atoms with E-state index in [4.69, 9.17) is 11.6 Å². The van der Waals surface area contributed by atoms with Crippen LogP contribution in [0.2, 0.25) is 5.15 Å². The van der Waals surface area contributed by atoms with E-state index in [0.29, 0.717) is 16.8 Å². The summed E-state index contributed by atoms with van der Waals surface area (Å²) in [5.74, 6) is -0.419. The van der Waals surface area contributed by atoms with Crippen molar-refractivity contribution in [3.05, 3.63) is 58.0 Å². The predicted molar refractivity (Wildman–Crippen MR) is 90.5 cm³/mol. The van der Waals surface area contributed by atoms with E-state index in [2.05, 4.69) is 9.97 Å². The lowest BCUT2D eigenvalue weighted by Crippen LogP contribution is -2.32. The lowest BCUT2D eigenvalue weighted by Gasteiger charge is -2.18. The molecule has 0 atom stereocenters. The van der Waals surface area contributed by atoms with Gasteiger partial charge in [0, 0.05) is 5.56 Å². The topological polar surface area (TPSA) is 68.0 Å². The summed E-state index contributed by atoms with van der Waals surface area (Å²) in [6.07, 6.45) is 1.35. The molecule has 1 N–H and O–H groups in total. The van der Waals surface area contributed by atoms with E-state index >= 15 is 0 Å². The highest BCUT2D eigenvalue weighted by Crippen LogP contribution is 2.26. The zero-order valence-corrected chi connectivity index (χ0v) is 13.9. The molecule has 0 aliphatic carbocycles. The first-order valence-electron chi connectivity index (χ1n) is 7.29. The Morgan fingerprint density at radius 1 is 1.33 bits per heavy atom. The van der Waals surface area contributed by atoms with E-state index in [1.807, 2.05) is 0 Å². The second-order valence-corrected chi connectivity index (χ2v) is 6.58. The first-order chi connectivity index (χ1) is 11.2. The summed E-state index contributed by atoms with van der Waals surface area (Å²) in [5.41, 5.74) is -0.258. The number of benzene rings is 1. The molecule has 5 nitrogen and oxygen atoms in total. The number of fused-ring (bicyclic) bond motifs is 1. The second kappa shape index (κ2) is 5.96. The van der Waals surface area contributed by atoms with Crippen molar-refractivity contribution < 1.29 is 9.50 Å². The van der Waals surface area contributed by atoms with Crippen molar-refractivity contribution in [3.63, 3.8) is 0 Å². The van der Waals surface area contributed by atoms with Gasteiger partial charge in [-0.15, -0.1) is 0 Å². The number of halogens is 2. The monoisotopic (exact) mass is 347 g/mol. The third kappa shape index (κ3) is 3.29. The first kappa shape index (κ1) is 16.5. The molecular formula is C17H15ClFN3O2. The van der Waals surface area contributed by atoms with Gasteiger partial charge in [-0.3, -0.25) is 9.36 Å². The van der Waals surface area contributed by atoms with Gasteiger partial charge in [-0.2, -0.15) is 0 Å². The van der Waals surface area contributed by atoms with Crippen LogP contribution < -0.4 is 5.56 Å². The zero-order chi connectivity index (χ0) is 17.5. The minimum absolute atomic E-state index is 0.0873. The van der Waals surface area contributed by atoms with E-state index in [1.165, 1.54) is 29.1 Å². The Bertz CT molecular complexity index is 980. The van der Waals surface area contributed by atoms with E-state index < -0.39 is 11.4 Å². The van der Waals surface area contributed by atoms with Crippen LogP contribution in [0, 0.1) is 5.82 Å². The largest absolute Gasteiger partial charge is 0.389 e. The van der Waals surface area contributed by atoms with E-state index in [1.54, 1.807) is 26.0 Å². The van der Waals surface area contributed by atoms with Gasteiger partial charge in [0.2, 0.25) is 0 Å². The smallest absolute Gasteiger partial charge is 0.261 e. The van der Waals surface area contributed by atoms with Gasteiger partial charge in [0.15, 0.2) is 0 Å². The highest BCUT2D eigenvalue weighted by atomic mass is 35.5. The molecule has 2 aromatic heterocycles. The third-order valence-electron chi connectivity index (χ3n) is 3.43. The van der Waals surface area contributed by atoms with Gasteiger partial charge in [-0.25, -0.2) is 14.4 Å². The van der Waals surface area contributed by atoms with Crippen LogP contribution >= 0.6 is 11.6 Å². The lowest BCUT2D eigenvalue weighted by atomic mass is 10.1. The van der Waals surface area contributed by atoms with Crippen LogP contribution in [0.5, 0.6) is 0 Å². The van der Waals surface area contributed by atoms with Gasteiger partial charge in [0.05, 0.1) is 29.6 Å². The van der Waals surface area contributed by atoms with Crippen LogP contribution in [0.25, 0.3) is 22.2 Å². The molecule has 0 unspecified atom stereocenters. The molecule has 0 fully saturated rings. The average molecular weight is 348 g/mol. The maximum Gasteiger partial charge on any atom is 0.261 e. The summed E-state index contributed by atoms with van der Waals surface area (Å²) >= 11 is 6.04. The molecule has 2 heterocycles. The van der Waals surface area contributed by atoms with E-state index in [0.717, 1.165) is 0 Å². The van der Waals surface area contributed by atoms with Crippen LogP contribution in [0.4, 0.5) is 4.39 Å². The van der Waals surface area contributed by atoms with Crippen molar-refractivity contribution in [2.24, 2.45) is 0 Å². The molecule has 3 aromatic rings. The first-order valence-corrected chi connectivity index (χ1v) is 7.66. The summed E-state index contributed by atoms with van der Waals surface area (Å²) in [6, 6.07) is 7.28. The Kier molecular flexibility index (Phi) is 4.11. The van der Waals surface area contributed by atoms with Crippen LogP contribution in [-0.4, -0.2) is 25.2 Å². The summed E-state index contributed by atoms with van der Waals surface area (Å²) in [4.78, 5) is 21.1. The zero-order valence-electron chi connectivity index (χ0n) is 13.1. The van der Waals surface area contributed by atoms with Crippen LogP contribution in [0.15, 0.2) is 41.5 Å². The minimum atomic E-state index is -1.07. The van der Waals surface area contributed by atoms with Crippen LogP contribution in [0.3, 0.4) is 0 Å². The summed E-state index contributed by atoms with van der Waals surface area (Å²) in [6.45, 7) is 3.28. The molecule has 0 radical (unpaired) electrons. The molecule has 0 saturated heterocycles. The van der Waals surface area contributed by atoms with E-state index in [9.17, 15) is 14.3 Å². The number of pyridine rings is 1. The quantitative estimate of drug-likeness (QED) is 0.739. The Morgan fingerprint density at radius 3 is 2.75 bits per heavy atom. The van der Waals surface area contributed by atoms with E-state index in [-0.39, 0.29) is 22.6 Å². The number of rotatable bonds is 3. The fraction of sp³-hybridized carbons (Fsp3) is 0.235. The summed E-state index contributed by atoms with van der Waals surface area (Å²) in [5, 5.41) is 10.3. The molecule has 124 valence electrons. The fourth-order valence-corrected chi connectivity index (χ4v) is 2.70. The van der Waals surface area contributed by atoms with Crippen LogP contribution in [0.1, 0.15) is 13.8 Å². The summed E-state index contributed by atoms with van der Waals surface area (Å²) < 4.78 is 14.8. The highest BCUT2D eigenvalue weighted by Gasteiger charge is 2.18. The fourth-order valence-electron chi connectivity index (χ4n) is 2.50. The van der Waals surface area contributed by atoms with Gasteiger partial charge >= 0.3 is 0 Å². The maximum absolute atomic E-state index is 13.5. The van der Waals surface area contributed by atoms with Gasteiger partial charge < -0.3 is 5.11 Å². The molecule has 1 aromatic carbocycles. The predicted octanol–water partition coefficient (Wildman–Crippen LogP) is 3.02. The number of aromatic nitrogens is 3. The number of nitrogens with zero attached hydrogens (tertiary/aromatic N) is 3. The Hall–Kier alpha value is -2.31. The average Bonchev–Trinajstić information content (AvgIpc) is 2.49. The van der Waals surface area contributed by atoms with Gasteiger partial charge in [0.1, 0.15) is 16.5 Å². The lowest BCUT2D eigenvalue weighted by molar-refractivity contribution is 0.0603. The Morgan fingerprint density at radius 2 is 2.08 bits per heavy atom. The maximum atomic E-state index is 13.5. The SMILES string of the molecule is CC(C)(O)Cn1cnc2c(-c3cccc(F)c3)nc(Cl)cc2c1=O. The van der Waals surface area contributed by atoms with Crippen molar-refractivity contribution in [2.75, 3.05) is 0 Å². The van der Waals surface area contributed by atoms with Crippen molar-refractivity contribution in [1.29, 1.82) is 0 Å². The van der Waals surface area contributed by atoms with Crippen molar-refractivity contribution in [2.45, 2.75) is 26.0 Å². The van der Waals surface area contributed by atoms with Crippen molar-refractivity contribution in [1.82, 2.24) is 14.5 Å². The van der Waals surface area contributed by atoms with Gasteiger partial charge in [-0.05, 0) is 32.0 Å². The normalized spacial score (nSPS) is 11.9. The minimum Gasteiger partial charge on any atom is -0.389 e. The van der Waals surface area contributed by atoms with Crippen LogP contribution in [-0.2, 0) is 6.54 Å². The molecule has 0 bridgehead atoms. The highest BCUT2D eigenvalue weighted by molar-refractivity contribution is 6.30. The molecule has 0 aliphatic heterocycles. The molecule has 3 rings (SSSR count). The third-order valence-corrected chi connectivity index (χ3v) is 3.63. The number of hydrogen-bond acceptors (Lipinski definition) is 4. The number of hydrogen-bond donors (Lipinski definition) is 1.